The number of hydrogen-bond acceptors (Lipinski definition) is 7. The number of aromatic amines is 1. The smallest absolute Gasteiger partial charge is 0.341 e. The monoisotopic (exact) mass is 366 g/mol. The van der Waals surface area contributed by atoms with Crippen LogP contribution >= 0.6 is 23.1 Å². The predicted molar refractivity (Wildman–Crippen MR) is 92.7 cm³/mol. The molecule has 0 bridgehead atoms. The van der Waals surface area contributed by atoms with Gasteiger partial charge in [-0.2, -0.15) is 5.10 Å². The first kappa shape index (κ1) is 17.0. The van der Waals surface area contributed by atoms with E-state index in [-0.39, 0.29) is 17.6 Å². The number of thiophene rings is 1. The van der Waals surface area contributed by atoms with Crippen LogP contribution in [0.5, 0.6) is 0 Å². The molecular formula is C15H18N4O3S2. The Kier molecular flexibility index (Phi) is 5.52. The lowest BCUT2D eigenvalue weighted by Crippen LogP contribution is -2.17. The van der Waals surface area contributed by atoms with Crippen molar-refractivity contribution in [1.29, 1.82) is 0 Å². The van der Waals surface area contributed by atoms with Crippen molar-refractivity contribution >= 4 is 40.0 Å². The summed E-state index contributed by atoms with van der Waals surface area (Å²) < 4.78 is 5.18. The highest BCUT2D eigenvalue weighted by Gasteiger charge is 2.27. The number of hydrogen-bond donors (Lipinski definition) is 2. The lowest BCUT2D eigenvalue weighted by molar-refractivity contribution is -0.113. The summed E-state index contributed by atoms with van der Waals surface area (Å²) in [6, 6.07) is 0. The Bertz CT molecular complexity index is 727. The molecule has 2 aromatic heterocycles. The molecule has 24 heavy (non-hydrogen) atoms. The van der Waals surface area contributed by atoms with Gasteiger partial charge in [0.05, 0.1) is 17.9 Å². The molecule has 1 aliphatic rings. The second-order valence-electron chi connectivity index (χ2n) is 5.26. The van der Waals surface area contributed by atoms with Crippen LogP contribution in [0.1, 0.15) is 40.6 Å². The van der Waals surface area contributed by atoms with Crippen LogP contribution in [0.25, 0.3) is 0 Å². The molecule has 2 aromatic rings. The maximum absolute atomic E-state index is 12.3. The second kappa shape index (κ2) is 7.80. The van der Waals surface area contributed by atoms with Crippen molar-refractivity contribution in [2.75, 3.05) is 17.7 Å². The first-order valence-electron chi connectivity index (χ1n) is 7.78. The highest BCUT2D eigenvalue weighted by Crippen LogP contribution is 2.38. The lowest BCUT2D eigenvalue weighted by atomic mass is 9.95. The normalized spacial score (nSPS) is 13.4. The van der Waals surface area contributed by atoms with Crippen LogP contribution in [0.15, 0.2) is 11.5 Å². The van der Waals surface area contributed by atoms with Gasteiger partial charge in [0.1, 0.15) is 11.3 Å². The second-order valence-corrected chi connectivity index (χ2v) is 7.33. The first-order valence-corrected chi connectivity index (χ1v) is 9.59. The molecule has 1 amide bonds. The van der Waals surface area contributed by atoms with Crippen LogP contribution in [0.3, 0.4) is 0 Å². The number of nitrogens with zero attached hydrogens (tertiary/aromatic N) is 2. The van der Waals surface area contributed by atoms with E-state index >= 15 is 0 Å². The fraction of sp³-hybridized carbons (Fsp3) is 0.467. The number of fused-ring (bicyclic) bond motifs is 1. The minimum atomic E-state index is -0.352. The number of aryl methyl sites for hydroxylation is 1. The Morgan fingerprint density at radius 2 is 2.25 bits per heavy atom. The zero-order valence-electron chi connectivity index (χ0n) is 13.3. The van der Waals surface area contributed by atoms with Gasteiger partial charge in [-0.1, -0.05) is 11.8 Å². The molecule has 0 fully saturated rings. The minimum Gasteiger partial charge on any atom is -0.462 e. The Labute approximate surface area is 147 Å². The third-order valence-corrected chi connectivity index (χ3v) is 5.72. The molecule has 128 valence electrons. The fourth-order valence-corrected chi connectivity index (χ4v) is 4.51. The van der Waals surface area contributed by atoms with Gasteiger partial charge in [-0.05, 0) is 38.2 Å². The molecular weight excluding hydrogens is 348 g/mol. The molecule has 0 spiro atoms. The van der Waals surface area contributed by atoms with Crippen LogP contribution in [0, 0.1) is 0 Å². The zero-order valence-corrected chi connectivity index (χ0v) is 14.9. The van der Waals surface area contributed by atoms with E-state index in [1.54, 1.807) is 6.92 Å². The van der Waals surface area contributed by atoms with Gasteiger partial charge in [0.15, 0.2) is 5.16 Å². The summed E-state index contributed by atoms with van der Waals surface area (Å²) in [5, 5.41) is 10.5. The van der Waals surface area contributed by atoms with E-state index in [1.165, 1.54) is 34.3 Å². The lowest BCUT2D eigenvalue weighted by Gasteiger charge is -2.12. The van der Waals surface area contributed by atoms with Gasteiger partial charge >= 0.3 is 5.97 Å². The minimum absolute atomic E-state index is 0.180. The molecule has 0 saturated carbocycles. The third-order valence-electron chi connectivity index (χ3n) is 3.64. The molecule has 0 saturated heterocycles. The number of nitrogens with one attached hydrogen (secondary N) is 2. The highest BCUT2D eigenvalue weighted by atomic mass is 32.2. The highest BCUT2D eigenvalue weighted by molar-refractivity contribution is 7.99. The Hall–Kier alpha value is -1.87. The van der Waals surface area contributed by atoms with E-state index < -0.39 is 0 Å². The number of ether oxygens (including phenoxy) is 1. The Morgan fingerprint density at radius 1 is 1.42 bits per heavy atom. The van der Waals surface area contributed by atoms with E-state index in [0.29, 0.717) is 22.3 Å². The van der Waals surface area contributed by atoms with Crippen molar-refractivity contribution in [3.8, 4) is 0 Å². The number of H-pyrrole nitrogens is 1. The standard InChI is InChI=1S/C15H18N4O3S2/c1-2-22-14(21)12-9-5-3-4-6-10(9)24-13(12)18-11(20)7-23-15-16-8-17-19-15/h8H,2-7H2,1H3,(H,18,20)(H,16,17,19). The maximum Gasteiger partial charge on any atom is 0.341 e. The van der Waals surface area contributed by atoms with Gasteiger partial charge in [-0.3, -0.25) is 9.89 Å². The summed E-state index contributed by atoms with van der Waals surface area (Å²) in [4.78, 5) is 29.7. The van der Waals surface area contributed by atoms with Crippen molar-refractivity contribution in [3.05, 3.63) is 22.3 Å². The van der Waals surface area contributed by atoms with Gasteiger partial charge in [0.25, 0.3) is 0 Å². The molecule has 7 nitrogen and oxygen atoms in total. The third kappa shape index (κ3) is 3.78. The number of rotatable bonds is 6. The van der Waals surface area contributed by atoms with Crippen LogP contribution < -0.4 is 5.32 Å². The van der Waals surface area contributed by atoms with Crippen LogP contribution in [0.2, 0.25) is 0 Å². The van der Waals surface area contributed by atoms with Crippen molar-refractivity contribution in [2.24, 2.45) is 0 Å². The average molecular weight is 366 g/mol. The van der Waals surface area contributed by atoms with E-state index in [9.17, 15) is 9.59 Å². The zero-order chi connectivity index (χ0) is 16.9. The number of carbonyl (C=O) groups excluding carboxylic acids is 2. The average Bonchev–Trinajstić information content (AvgIpc) is 3.20. The summed E-state index contributed by atoms with van der Waals surface area (Å²) >= 11 is 2.75. The molecule has 0 atom stereocenters. The fourth-order valence-electron chi connectivity index (χ4n) is 2.63. The Balaban J connectivity index is 1.75. The molecule has 1 aliphatic carbocycles. The molecule has 9 heteroatoms. The number of aromatic nitrogens is 3. The number of esters is 1. The van der Waals surface area contributed by atoms with Gasteiger partial charge < -0.3 is 10.1 Å². The quantitative estimate of drug-likeness (QED) is 0.603. The van der Waals surface area contributed by atoms with Crippen molar-refractivity contribution in [2.45, 2.75) is 37.8 Å². The van der Waals surface area contributed by atoms with Gasteiger partial charge in [0.2, 0.25) is 5.91 Å². The number of amides is 1. The maximum atomic E-state index is 12.3. The molecule has 2 heterocycles. The van der Waals surface area contributed by atoms with Crippen molar-refractivity contribution < 1.29 is 14.3 Å². The summed E-state index contributed by atoms with van der Waals surface area (Å²) in [5.74, 6) is -0.337. The van der Waals surface area contributed by atoms with Crippen LogP contribution in [0.4, 0.5) is 5.00 Å². The topological polar surface area (TPSA) is 97.0 Å². The summed E-state index contributed by atoms with van der Waals surface area (Å²) in [6.45, 7) is 2.10. The SMILES string of the molecule is CCOC(=O)c1c(NC(=O)CSc2ncn[nH]2)sc2c1CCCC2. The van der Waals surface area contributed by atoms with Gasteiger partial charge in [-0.15, -0.1) is 11.3 Å². The molecule has 0 aromatic carbocycles. The number of thioether (sulfide) groups is 1. The Morgan fingerprint density at radius 3 is 3.00 bits per heavy atom. The number of carbonyl (C=O) groups is 2. The first-order chi connectivity index (χ1) is 11.7. The van der Waals surface area contributed by atoms with E-state index in [1.807, 2.05) is 0 Å². The largest absolute Gasteiger partial charge is 0.462 e. The van der Waals surface area contributed by atoms with Crippen LogP contribution in [-0.2, 0) is 22.4 Å². The van der Waals surface area contributed by atoms with E-state index in [0.717, 1.165) is 31.2 Å². The molecule has 0 unspecified atom stereocenters. The van der Waals surface area contributed by atoms with Crippen molar-refractivity contribution in [1.82, 2.24) is 15.2 Å². The van der Waals surface area contributed by atoms with E-state index in [4.69, 9.17) is 4.74 Å². The molecule has 0 radical (unpaired) electrons. The summed E-state index contributed by atoms with van der Waals surface area (Å²) in [7, 11) is 0. The summed E-state index contributed by atoms with van der Waals surface area (Å²) in [5.41, 5.74) is 1.58. The number of anilines is 1. The molecule has 3 rings (SSSR count). The van der Waals surface area contributed by atoms with E-state index in [2.05, 4.69) is 20.5 Å². The summed E-state index contributed by atoms with van der Waals surface area (Å²) in [6.07, 6.45) is 5.39. The molecule has 0 aliphatic heterocycles. The van der Waals surface area contributed by atoms with Crippen LogP contribution in [-0.4, -0.2) is 39.4 Å². The van der Waals surface area contributed by atoms with Crippen molar-refractivity contribution in [3.63, 3.8) is 0 Å². The van der Waals surface area contributed by atoms with Gasteiger partial charge in [0, 0.05) is 4.88 Å². The molecule has 2 N–H and O–H groups in total. The van der Waals surface area contributed by atoms with Gasteiger partial charge in [-0.25, -0.2) is 9.78 Å². The predicted octanol–water partition coefficient (Wildman–Crippen LogP) is 2.65.